The summed E-state index contributed by atoms with van der Waals surface area (Å²) in [5.74, 6) is 1.12. The number of aromatic nitrogens is 3. The molecule has 1 amide bonds. The van der Waals surface area contributed by atoms with E-state index in [1.165, 1.54) is 6.20 Å². The number of amides is 1. The molecule has 23 heavy (non-hydrogen) atoms. The Morgan fingerprint density at radius 2 is 2.04 bits per heavy atom. The Hall–Kier alpha value is -3.22. The van der Waals surface area contributed by atoms with Gasteiger partial charge in [-0.05, 0) is 37.6 Å². The topological polar surface area (TPSA) is 92.9 Å². The van der Waals surface area contributed by atoms with Crippen molar-refractivity contribution in [2.24, 2.45) is 0 Å². The molecule has 0 bridgehead atoms. The molecule has 0 spiro atoms. The van der Waals surface area contributed by atoms with Gasteiger partial charge in [0.15, 0.2) is 5.82 Å². The zero-order valence-electron chi connectivity index (χ0n) is 12.7. The highest BCUT2D eigenvalue weighted by atomic mass is 16.5. The summed E-state index contributed by atoms with van der Waals surface area (Å²) < 4.78 is 4.96. The van der Waals surface area contributed by atoms with Gasteiger partial charge in [0.1, 0.15) is 11.5 Å². The highest BCUT2D eigenvalue weighted by Gasteiger charge is 2.10. The Morgan fingerprint density at radius 3 is 2.78 bits per heavy atom. The van der Waals surface area contributed by atoms with Gasteiger partial charge in [-0.15, -0.1) is 0 Å². The average Bonchev–Trinajstić information content (AvgIpc) is 2.92. The lowest BCUT2D eigenvalue weighted by atomic mass is 10.2. The van der Waals surface area contributed by atoms with Gasteiger partial charge >= 0.3 is 0 Å². The summed E-state index contributed by atoms with van der Waals surface area (Å²) in [6, 6.07) is 10.8. The SMILES string of the molecule is Cc1cccc(NC(=O)c2ccnc(Nc3cc(C)on3)n2)c1. The molecule has 2 aromatic heterocycles. The van der Waals surface area contributed by atoms with Crippen molar-refractivity contribution in [1.29, 1.82) is 0 Å². The summed E-state index contributed by atoms with van der Waals surface area (Å²) in [6.07, 6.45) is 1.51. The van der Waals surface area contributed by atoms with Crippen LogP contribution in [0.25, 0.3) is 0 Å². The van der Waals surface area contributed by atoms with Crippen LogP contribution in [-0.2, 0) is 0 Å². The Bertz CT molecular complexity index is 844. The highest BCUT2D eigenvalue weighted by molar-refractivity contribution is 6.03. The van der Waals surface area contributed by atoms with Crippen LogP contribution in [-0.4, -0.2) is 21.0 Å². The number of nitrogens with zero attached hydrogens (tertiary/aromatic N) is 3. The van der Waals surface area contributed by atoms with Crippen molar-refractivity contribution in [3.05, 3.63) is 59.6 Å². The van der Waals surface area contributed by atoms with Crippen LogP contribution in [0.3, 0.4) is 0 Å². The van der Waals surface area contributed by atoms with Crippen molar-refractivity contribution in [1.82, 2.24) is 15.1 Å². The minimum Gasteiger partial charge on any atom is -0.360 e. The van der Waals surface area contributed by atoms with Crippen molar-refractivity contribution in [3.8, 4) is 0 Å². The third-order valence-corrected chi connectivity index (χ3v) is 3.03. The van der Waals surface area contributed by atoms with Gasteiger partial charge in [0.25, 0.3) is 5.91 Å². The molecule has 0 aliphatic heterocycles. The molecule has 0 atom stereocenters. The fraction of sp³-hybridized carbons (Fsp3) is 0.125. The Morgan fingerprint density at radius 1 is 1.17 bits per heavy atom. The predicted molar refractivity (Wildman–Crippen MR) is 85.7 cm³/mol. The molecule has 2 heterocycles. The van der Waals surface area contributed by atoms with Crippen LogP contribution in [0.15, 0.2) is 47.1 Å². The lowest BCUT2D eigenvalue weighted by Crippen LogP contribution is -2.14. The van der Waals surface area contributed by atoms with Gasteiger partial charge in [0, 0.05) is 18.0 Å². The van der Waals surface area contributed by atoms with E-state index in [1.54, 1.807) is 19.1 Å². The molecule has 0 aliphatic carbocycles. The zero-order chi connectivity index (χ0) is 16.2. The largest absolute Gasteiger partial charge is 0.360 e. The van der Waals surface area contributed by atoms with Gasteiger partial charge in [0.2, 0.25) is 5.95 Å². The molecular weight excluding hydrogens is 294 g/mol. The second-order valence-electron chi connectivity index (χ2n) is 5.04. The monoisotopic (exact) mass is 309 g/mol. The van der Waals surface area contributed by atoms with Gasteiger partial charge in [-0.3, -0.25) is 4.79 Å². The van der Waals surface area contributed by atoms with Crippen LogP contribution in [0.4, 0.5) is 17.5 Å². The number of hydrogen-bond donors (Lipinski definition) is 2. The molecule has 3 rings (SSSR count). The minimum atomic E-state index is -0.308. The van der Waals surface area contributed by atoms with Gasteiger partial charge < -0.3 is 15.2 Å². The first-order chi connectivity index (χ1) is 11.1. The third kappa shape index (κ3) is 3.70. The molecule has 0 aliphatic rings. The third-order valence-electron chi connectivity index (χ3n) is 3.03. The maximum absolute atomic E-state index is 12.3. The highest BCUT2D eigenvalue weighted by Crippen LogP contribution is 2.14. The van der Waals surface area contributed by atoms with E-state index in [0.717, 1.165) is 11.3 Å². The van der Waals surface area contributed by atoms with Crippen molar-refractivity contribution in [3.63, 3.8) is 0 Å². The van der Waals surface area contributed by atoms with E-state index < -0.39 is 0 Å². The standard InChI is InChI=1S/C16H15N5O2/c1-10-4-3-5-12(8-10)18-15(22)13-6-7-17-16(19-13)20-14-9-11(2)23-21-14/h3-9H,1-2H3,(H,18,22)(H,17,19,20,21). The Labute approximate surface area is 132 Å². The first kappa shape index (κ1) is 14.7. The molecule has 0 saturated carbocycles. The number of carbonyl (C=O) groups is 1. The van der Waals surface area contributed by atoms with Crippen LogP contribution in [0, 0.1) is 13.8 Å². The second-order valence-corrected chi connectivity index (χ2v) is 5.04. The van der Waals surface area contributed by atoms with Crippen molar-refractivity contribution in [2.45, 2.75) is 13.8 Å². The molecular formula is C16H15N5O2. The zero-order valence-corrected chi connectivity index (χ0v) is 12.7. The first-order valence-electron chi connectivity index (χ1n) is 7.01. The number of aryl methyl sites for hydroxylation is 2. The fourth-order valence-electron chi connectivity index (χ4n) is 2.00. The van der Waals surface area contributed by atoms with E-state index in [2.05, 4.69) is 25.8 Å². The molecule has 116 valence electrons. The summed E-state index contributed by atoms with van der Waals surface area (Å²) in [7, 11) is 0. The predicted octanol–water partition coefficient (Wildman–Crippen LogP) is 3.08. The lowest BCUT2D eigenvalue weighted by molar-refractivity contribution is 0.102. The van der Waals surface area contributed by atoms with E-state index >= 15 is 0 Å². The average molecular weight is 309 g/mol. The molecule has 7 nitrogen and oxygen atoms in total. The van der Waals surface area contributed by atoms with Crippen molar-refractivity contribution in [2.75, 3.05) is 10.6 Å². The number of carbonyl (C=O) groups excluding carboxylic acids is 1. The molecule has 0 saturated heterocycles. The number of benzene rings is 1. The summed E-state index contributed by atoms with van der Waals surface area (Å²) >= 11 is 0. The van der Waals surface area contributed by atoms with Gasteiger partial charge in [-0.1, -0.05) is 17.3 Å². The summed E-state index contributed by atoms with van der Waals surface area (Å²) in [4.78, 5) is 20.5. The normalized spacial score (nSPS) is 10.3. The number of hydrogen-bond acceptors (Lipinski definition) is 6. The second kappa shape index (κ2) is 6.27. The van der Waals surface area contributed by atoms with Gasteiger partial charge in [-0.25, -0.2) is 9.97 Å². The Balaban J connectivity index is 1.75. The maximum atomic E-state index is 12.3. The van der Waals surface area contributed by atoms with E-state index in [1.807, 2.05) is 31.2 Å². The number of anilines is 3. The van der Waals surface area contributed by atoms with Crippen LogP contribution >= 0.6 is 0 Å². The molecule has 1 aromatic carbocycles. The van der Waals surface area contributed by atoms with Crippen LogP contribution in [0.5, 0.6) is 0 Å². The quantitative estimate of drug-likeness (QED) is 0.769. The first-order valence-corrected chi connectivity index (χ1v) is 7.01. The van der Waals surface area contributed by atoms with Gasteiger partial charge in [0.05, 0.1) is 0 Å². The van der Waals surface area contributed by atoms with Crippen LogP contribution in [0.2, 0.25) is 0 Å². The Kier molecular flexibility index (Phi) is 4.01. The van der Waals surface area contributed by atoms with Crippen LogP contribution < -0.4 is 10.6 Å². The maximum Gasteiger partial charge on any atom is 0.274 e. The summed E-state index contributed by atoms with van der Waals surface area (Å²) in [5.41, 5.74) is 2.04. The molecule has 2 N–H and O–H groups in total. The minimum absolute atomic E-state index is 0.254. The van der Waals surface area contributed by atoms with Crippen LogP contribution in [0.1, 0.15) is 21.8 Å². The van der Waals surface area contributed by atoms with Crippen molar-refractivity contribution < 1.29 is 9.32 Å². The lowest BCUT2D eigenvalue weighted by Gasteiger charge is -2.06. The molecule has 3 aromatic rings. The molecule has 0 fully saturated rings. The van der Waals surface area contributed by atoms with Crippen molar-refractivity contribution >= 4 is 23.4 Å². The van der Waals surface area contributed by atoms with E-state index in [-0.39, 0.29) is 17.5 Å². The van der Waals surface area contributed by atoms with Gasteiger partial charge in [-0.2, -0.15) is 0 Å². The van der Waals surface area contributed by atoms with E-state index in [9.17, 15) is 4.79 Å². The summed E-state index contributed by atoms with van der Waals surface area (Å²) in [6.45, 7) is 3.74. The molecule has 0 unspecified atom stereocenters. The van der Waals surface area contributed by atoms with E-state index in [0.29, 0.717) is 11.6 Å². The fourth-order valence-corrected chi connectivity index (χ4v) is 2.00. The smallest absolute Gasteiger partial charge is 0.274 e. The molecule has 0 radical (unpaired) electrons. The number of nitrogens with one attached hydrogen (secondary N) is 2. The molecule has 7 heteroatoms. The number of rotatable bonds is 4. The summed E-state index contributed by atoms with van der Waals surface area (Å²) in [5, 5.41) is 9.49. The van der Waals surface area contributed by atoms with E-state index in [4.69, 9.17) is 4.52 Å².